The summed E-state index contributed by atoms with van der Waals surface area (Å²) >= 11 is 0. The molecule has 1 rings (SSSR count). The van der Waals surface area contributed by atoms with E-state index in [4.69, 9.17) is 0 Å². The van der Waals surface area contributed by atoms with E-state index in [1.54, 1.807) is 0 Å². The monoisotopic (exact) mass is 242 g/mol. The molecule has 1 atom stereocenters. The molecule has 3 heteroatoms. The van der Waals surface area contributed by atoms with Crippen LogP contribution in [0.5, 0.6) is 0 Å². The third-order valence-corrected chi connectivity index (χ3v) is 3.66. The number of β-amino-alcohol motifs (C(OH)–C–C–N with tert-alkyl or cyclic N) is 1. The van der Waals surface area contributed by atoms with E-state index in [2.05, 4.69) is 37.9 Å². The minimum atomic E-state index is -0.237. The van der Waals surface area contributed by atoms with Crippen LogP contribution in [0.2, 0.25) is 0 Å². The topological polar surface area (TPSA) is 35.5 Å². The van der Waals surface area contributed by atoms with Crippen LogP contribution in [0.3, 0.4) is 0 Å². The van der Waals surface area contributed by atoms with Crippen LogP contribution in [-0.4, -0.2) is 48.3 Å². The molecule has 0 spiro atoms. The van der Waals surface area contributed by atoms with Crippen molar-refractivity contribution in [2.45, 2.75) is 59.1 Å². The fraction of sp³-hybridized carbons (Fsp3) is 1.00. The number of nitrogens with one attached hydrogen (secondary N) is 1. The van der Waals surface area contributed by atoms with Crippen LogP contribution in [-0.2, 0) is 0 Å². The van der Waals surface area contributed by atoms with Gasteiger partial charge in [-0.1, -0.05) is 27.7 Å². The Morgan fingerprint density at radius 1 is 1.24 bits per heavy atom. The zero-order valence-corrected chi connectivity index (χ0v) is 12.0. The van der Waals surface area contributed by atoms with Gasteiger partial charge in [-0.2, -0.15) is 0 Å². The molecular formula is C14H30N2O. The van der Waals surface area contributed by atoms with E-state index in [0.717, 1.165) is 19.6 Å². The van der Waals surface area contributed by atoms with E-state index in [-0.39, 0.29) is 6.10 Å². The van der Waals surface area contributed by atoms with Crippen LogP contribution < -0.4 is 5.32 Å². The molecule has 0 radical (unpaired) electrons. The fourth-order valence-electron chi connectivity index (χ4n) is 2.40. The molecular weight excluding hydrogens is 212 g/mol. The first-order valence-electron chi connectivity index (χ1n) is 7.03. The molecule has 0 amide bonds. The van der Waals surface area contributed by atoms with Crippen LogP contribution in [0.25, 0.3) is 0 Å². The predicted octanol–water partition coefficient (Wildman–Crippen LogP) is 1.86. The molecule has 1 heterocycles. The number of aliphatic hydroxyl groups excluding tert-OH is 1. The van der Waals surface area contributed by atoms with Gasteiger partial charge in [-0.3, -0.25) is 0 Å². The molecule has 0 aliphatic carbocycles. The minimum absolute atomic E-state index is 0.237. The summed E-state index contributed by atoms with van der Waals surface area (Å²) in [5, 5.41) is 13.3. The van der Waals surface area contributed by atoms with E-state index < -0.39 is 0 Å². The third kappa shape index (κ3) is 6.39. The fourth-order valence-corrected chi connectivity index (χ4v) is 2.40. The van der Waals surface area contributed by atoms with Crippen molar-refractivity contribution in [2.75, 3.05) is 26.2 Å². The lowest BCUT2D eigenvalue weighted by Gasteiger charge is -2.25. The zero-order valence-electron chi connectivity index (χ0n) is 12.0. The molecule has 0 aromatic carbocycles. The number of likely N-dealkylation sites (tertiary alicyclic amines) is 1. The van der Waals surface area contributed by atoms with Gasteiger partial charge in [0.05, 0.1) is 6.10 Å². The molecule has 0 aromatic heterocycles. The predicted molar refractivity (Wildman–Crippen MR) is 73.2 cm³/mol. The minimum Gasteiger partial charge on any atom is -0.390 e. The quantitative estimate of drug-likeness (QED) is 0.772. The summed E-state index contributed by atoms with van der Waals surface area (Å²) in [5.74, 6) is 0. The number of hydrogen-bond donors (Lipinski definition) is 2. The molecule has 2 N–H and O–H groups in total. The van der Waals surface area contributed by atoms with Gasteiger partial charge in [0.1, 0.15) is 0 Å². The second-order valence-corrected chi connectivity index (χ2v) is 6.54. The normalized spacial score (nSPS) is 23.6. The van der Waals surface area contributed by atoms with Crippen molar-refractivity contribution in [2.24, 2.45) is 5.41 Å². The van der Waals surface area contributed by atoms with Crippen molar-refractivity contribution in [3.63, 3.8) is 0 Å². The van der Waals surface area contributed by atoms with E-state index in [0.29, 0.717) is 18.0 Å². The number of nitrogens with zero attached hydrogens (tertiary/aromatic N) is 1. The first-order chi connectivity index (χ1) is 7.89. The van der Waals surface area contributed by atoms with Crippen molar-refractivity contribution in [3.05, 3.63) is 0 Å². The van der Waals surface area contributed by atoms with E-state index in [9.17, 15) is 5.11 Å². The highest BCUT2D eigenvalue weighted by molar-refractivity contribution is 4.78. The first kappa shape index (κ1) is 14.9. The Morgan fingerprint density at radius 2 is 1.94 bits per heavy atom. The van der Waals surface area contributed by atoms with Gasteiger partial charge in [0, 0.05) is 19.1 Å². The van der Waals surface area contributed by atoms with Gasteiger partial charge < -0.3 is 15.3 Å². The summed E-state index contributed by atoms with van der Waals surface area (Å²) in [7, 11) is 0. The van der Waals surface area contributed by atoms with Crippen LogP contribution in [0.1, 0.15) is 47.0 Å². The molecule has 17 heavy (non-hydrogen) atoms. The molecule has 102 valence electrons. The summed E-state index contributed by atoms with van der Waals surface area (Å²) in [5.41, 5.74) is 0.482. The molecule has 1 saturated heterocycles. The Kier molecular flexibility index (Phi) is 5.90. The number of rotatable bonds is 5. The lowest BCUT2D eigenvalue weighted by atomic mass is 9.85. The lowest BCUT2D eigenvalue weighted by Crippen LogP contribution is -2.40. The number of hydrogen-bond acceptors (Lipinski definition) is 3. The maximum atomic E-state index is 9.97. The Morgan fingerprint density at radius 3 is 2.59 bits per heavy atom. The first-order valence-corrected chi connectivity index (χ1v) is 7.03. The molecule has 1 fully saturated rings. The average Bonchev–Trinajstić information content (AvgIpc) is 2.37. The Bertz CT molecular complexity index is 216. The van der Waals surface area contributed by atoms with Crippen molar-refractivity contribution >= 4 is 0 Å². The van der Waals surface area contributed by atoms with Gasteiger partial charge in [-0.15, -0.1) is 0 Å². The van der Waals surface area contributed by atoms with Crippen LogP contribution in [0.4, 0.5) is 0 Å². The van der Waals surface area contributed by atoms with Gasteiger partial charge in [0.25, 0.3) is 0 Å². The summed E-state index contributed by atoms with van der Waals surface area (Å²) in [6.45, 7) is 12.7. The molecule has 1 aliphatic heterocycles. The zero-order chi connectivity index (χ0) is 12.9. The standard InChI is InChI=1S/C14H30N2O/c1-12(2)15-10-13(17)11-16-8-5-6-14(3,4)7-9-16/h12-13,15,17H,5-11H2,1-4H3. The SMILES string of the molecule is CC(C)NCC(O)CN1CCCC(C)(C)CC1. The maximum absolute atomic E-state index is 9.97. The second kappa shape index (κ2) is 6.72. The van der Waals surface area contributed by atoms with E-state index in [1.807, 2.05) is 0 Å². The summed E-state index contributed by atoms with van der Waals surface area (Å²) in [6.07, 6.45) is 3.58. The van der Waals surface area contributed by atoms with Crippen molar-refractivity contribution in [1.29, 1.82) is 0 Å². The largest absolute Gasteiger partial charge is 0.390 e. The summed E-state index contributed by atoms with van der Waals surface area (Å²) < 4.78 is 0. The average molecular weight is 242 g/mol. The highest BCUT2D eigenvalue weighted by atomic mass is 16.3. The highest BCUT2D eigenvalue weighted by Gasteiger charge is 2.23. The Labute approximate surface area is 107 Å². The molecule has 0 aromatic rings. The Hall–Kier alpha value is -0.120. The number of aliphatic hydroxyl groups is 1. The summed E-state index contributed by atoms with van der Waals surface area (Å²) in [4.78, 5) is 2.42. The van der Waals surface area contributed by atoms with Crippen molar-refractivity contribution < 1.29 is 5.11 Å². The van der Waals surface area contributed by atoms with Gasteiger partial charge in [-0.05, 0) is 37.8 Å². The maximum Gasteiger partial charge on any atom is 0.0791 e. The molecule has 0 saturated carbocycles. The van der Waals surface area contributed by atoms with Crippen LogP contribution >= 0.6 is 0 Å². The molecule has 0 bridgehead atoms. The van der Waals surface area contributed by atoms with Gasteiger partial charge in [0.15, 0.2) is 0 Å². The van der Waals surface area contributed by atoms with Crippen molar-refractivity contribution in [3.8, 4) is 0 Å². The smallest absolute Gasteiger partial charge is 0.0791 e. The van der Waals surface area contributed by atoms with Crippen LogP contribution in [0.15, 0.2) is 0 Å². The third-order valence-electron chi connectivity index (χ3n) is 3.66. The molecule has 3 nitrogen and oxygen atoms in total. The second-order valence-electron chi connectivity index (χ2n) is 6.54. The molecule has 1 aliphatic rings. The lowest BCUT2D eigenvalue weighted by molar-refractivity contribution is 0.109. The molecule has 1 unspecified atom stereocenters. The Balaban J connectivity index is 2.26. The van der Waals surface area contributed by atoms with Crippen LogP contribution in [0, 0.1) is 5.41 Å². The van der Waals surface area contributed by atoms with Gasteiger partial charge in [-0.25, -0.2) is 0 Å². The van der Waals surface area contributed by atoms with E-state index in [1.165, 1.54) is 19.3 Å². The van der Waals surface area contributed by atoms with E-state index >= 15 is 0 Å². The summed E-state index contributed by atoms with van der Waals surface area (Å²) in [6, 6.07) is 0.452. The van der Waals surface area contributed by atoms with Crippen molar-refractivity contribution in [1.82, 2.24) is 10.2 Å². The highest BCUT2D eigenvalue weighted by Crippen LogP contribution is 2.29. The van der Waals surface area contributed by atoms with Gasteiger partial charge in [0.2, 0.25) is 0 Å². The van der Waals surface area contributed by atoms with Gasteiger partial charge >= 0.3 is 0 Å².